The minimum Gasteiger partial charge on any atom is -0.480 e. The number of carbonyl (C=O) groups excluding carboxylic acids is 2. The van der Waals surface area contributed by atoms with Crippen LogP contribution >= 0.6 is 0 Å². The van der Waals surface area contributed by atoms with Crippen molar-refractivity contribution < 1.29 is 29.0 Å². The molecule has 0 radical (unpaired) electrons. The van der Waals surface area contributed by atoms with Gasteiger partial charge in [-0.3, -0.25) is 14.5 Å². The van der Waals surface area contributed by atoms with Gasteiger partial charge in [-0.25, -0.2) is 4.79 Å². The second-order valence-corrected chi connectivity index (χ2v) is 2.96. The monoisotopic (exact) mass is 217 g/mol. The predicted octanol–water partition coefficient (Wildman–Crippen LogP) is -1.53. The van der Waals surface area contributed by atoms with Crippen molar-refractivity contribution in [1.29, 1.82) is 0 Å². The molecule has 1 N–H and O–H groups in total. The first-order valence-corrected chi connectivity index (χ1v) is 4.22. The van der Waals surface area contributed by atoms with Crippen LogP contribution in [0.2, 0.25) is 0 Å². The molecule has 1 unspecified atom stereocenters. The molecule has 0 saturated carbocycles. The number of hydrogen-bond donors (Lipinski definition) is 1. The summed E-state index contributed by atoms with van der Waals surface area (Å²) in [7, 11) is 1.30. The summed E-state index contributed by atoms with van der Waals surface area (Å²) in [4.78, 5) is 34.1. The van der Waals surface area contributed by atoms with Crippen molar-refractivity contribution >= 4 is 17.8 Å². The third-order valence-electron chi connectivity index (χ3n) is 1.91. The van der Waals surface area contributed by atoms with Crippen LogP contribution in [-0.4, -0.2) is 60.8 Å². The molecule has 0 aromatic rings. The Morgan fingerprint density at radius 1 is 1.53 bits per heavy atom. The fourth-order valence-corrected chi connectivity index (χ4v) is 1.27. The summed E-state index contributed by atoms with van der Waals surface area (Å²) < 4.78 is 9.31. The van der Waals surface area contributed by atoms with Gasteiger partial charge in [0.15, 0.2) is 6.04 Å². The molecule has 1 aliphatic rings. The SMILES string of the molecule is COCC(C(=O)O)N1C(=O)COCC1=O. The van der Waals surface area contributed by atoms with E-state index in [1.165, 1.54) is 7.11 Å². The number of ether oxygens (including phenoxy) is 2. The van der Waals surface area contributed by atoms with Crippen LogP contribution < -0.4 is 0 Å². The predicted molar refractivity (Wildman–Crippen MR) is 46.0 cm³/mol. The maximum absolute atomic E-state index is 11.3. The van der Waals surface area contributed by atoms with Gasteiger partial charge in [0.05, 0.1) is 6.61 Å². The van der Waals surface area contributed by atoms with Gasteiger partial charge in [-0.15, -0.1) is 0 Å². The number of hydrogen-bond acceptors (Lipinski definition) is 5. The second kappa shape index (κ2) is 4.85. The minimum atomic E-state index is -1.28. The van der Waals surface area contributed by atoms with Crippen LogP contribution in [0.25, 0.3) is 0 Å². The first-order chi connectivity index (χ1) is 7.07. The molecule has 1 fully saturated rings. The summed E-state index contributed by atoms with van der Waals surface area (Å²) in [6.07, 6.45) is 0. The Hall–Kier alpha value is -1.47. The average molecular weight is 217 g/mol. The highest BCUT2D eigenvalue weighted by Gasteiger charge is 2.37. The van der Waals surface area contributed by atoms with Crippen LogP contribution in [0.5, 0.6) is 0 Å². The van der Waals surface area contributed by atoms with Gasteiger partial charge >= 0.3 is 5.97 Å². The lowest BCUT2D eigenvalue weighted by Crippen LogP contribution is -2.55. The molecule has 1 aliphatic heterocycles. The zero-order valence-electron chi connectivity index (χ0n) is 8.13. The summed E-state index contributed by atoms with van der Waals surface area (Å²) in [6.45, 7) is -0.786. The van der Waals surface area contributed by atoms with E-state index < -0.39 is 23.8 Å². The van der Waals surface area contributed by atoms with Gasteiger partial charge in [0.25, 0.3) is 11.8 Å². The summed E-state index contributed by atoms with van der Waals surface area (Å²) in [5, 5.41) is 8.83. The second-order valence-electron chi connectivity index (χ2n) is 2.96. The van der Waals surface area contributed by atoms with Crippen molar-refractivity contribution in [2.45, 2.75) is 6.04 Å². The number of carboxylic acid groups (broad SMARTS) is 1. The van der Waals surface area contributed by atoms with E-state index in [9.17, 15) is 14.4 Å². The third kappa shape index (κ3) is 2.51. The van der Waals surface area contributed by atoms with E-state index in [0.717, 1.165) is 0 Å². The van der Waals surface area contributed by atoms with E-state index in [2.05, 4.69) is 9.47 Å². The number of amides is 2. The Kier molecular flexibility index (Phi) is 3.75. The quantitative estimate of drug-likeness (QED) is 0.574. The number of carboxylic acids is 1. The molecule has 1 heterocycles. The van der Waals surface area contributed by atoms with Gasteiger partial charge in [0.2, 0.25) is 0 Å². The van der Waals surface area contributed by atoms with E-state index in [-0.39, 0.29) is 19.8 Å². The number of methoxy groups -OCH3 is 1. The Labute approximate surface area is 85.6 Å². The van der Waals surface area contributed by atoms with Gasteiger partial charge in [0, 0.05) is 7.11 Å². The maximum atomic E-state index is 11.3. The lowest BCUT2D eigenvalue weighted by molar-refractivity contribution is -0.169. The van der Waals surface area contributed by atoms with E-state index in [0.29, 0.717) is 4.90 Å². The number of imide groups is 1. The lowest BCUT2D eigenvalue weighted by Gasteiger charge is -2.29. The van der Waals surface area contributed by atoms with Crippen LogP contribution in [0, 0.1) is 0 Å². The third-order valence-corrected chi connectivity index (χ3v) is 1.91. The Balaban J connectivity index is 2.83. The van der Waals surface area contributed by atoms with E-state index in [1.54, 1.807) is 0 Å². The number of morpholine rings is 1. The molecule has 7 nitrogen and oxygen atoms in total. The normalized spacial score (nSPS) is 19.1. The fourth-order valence-electron chi connectivity index (χ4n) is 1.27. The van der Waals surface area contributed by atoms with E-state index in [1.807, 2.05) is 0 Å². The molecular formula is C8H11NO6. The van der Waals surface area contributed by atoms with Crippen molar-refractivity contribution in [1.82, 2.24) is 4.90 Å². The zero-order chi connectivity index (χ0) is 11.4. The highest BCUT2D eigenvalue weighted by Crippen LogP contribution is 2.07. The first kappa shape index (κ1) is 11.6. The van der Waals surface area contributed by atoms with Gasteiger partial charge < -0.3 is 14.6 Å². The molecule has 1 saturated heterocycles. The molecule has 7 heteroatoms. The number of aliphatic carboxylic acids is 1. The van der Waals surface area contributed by atoms with Crippen LogP contribution in [-0.2, 0) is 23.9 Å². The van der Waals surface area contributed by atoms with Gasteiger partial charge in [0.1, 0.15) is 13.2 Å². The summed E-state index contributed by atoms with van der Waals surface area (Å²) in [5.41, 5.74) is 0. The van der Waals surface area contributed by atoms with Crippen LogP contribution in [0.4, 0.5) is 0 Å². The molecule has 0 bridgehead atoms. The zero-order valence-corrected chi connectivity index (χ0v) is 8.13. The smallest absolute Gasteiger partial charge is 0.329 e. The Morgan fingerprint density at radius 2 is 2.07 bits per heavy atom. The number of rotatable bonds is 4. The van der Waals surface area contributed by atoms with Gasteiger partial charge in [-0.1, -0.05) is 0 Å². The minimum absolute atomic E-state index is 0.229. The molecule has 2 amide bonds. The Bertz CT molecular complexity index is 273. The van der Waals surface area contributed by atoms with E-state index in [4.69, 9.17) is 5.11 Å². The highest BCUT2D eigenvalue weighted by molar-refractivity contribution is 6.01. The average Bonchev–Trinajstić information content (AvgIpc) is 2.15. The van der Waals surface area contributed by atoms with Gasteiger partial charge in [-0.05, 0) is 0 Å². The van der Waals surface area contributed by atoms with Crippen molar-refractivity contribution in [2.75, 3.05) is 26.9 Å². The molecule has 84 valence electrons. The summed E-state index contributed by atoms with van der Waals surface area (Å²) in [6, 6.07) is -1.28. The van der Waals surface area contributed by atoms with Crippen molar-refractivity contribution in [3.63, 3.8) is 0 Å². The maximum Gasteiger partial charge on any atom is 0.329 e. The van der Waals surface area contributed by atoms with Crippen LogP contribution in [0.3, 0.4) is 0 Å². The van der Waals surface area contributed by atoms with Crippen LogP contribution in [0.15, 0.2) is 0 Å². The molecule has 1 rings (SSSR count). The molecule has 15 heavy (non-hydrogen) atoms. The van der Waals surface area contributed by atoms with Gasteiger partial charge in [-0.2, -0.15) is 0 Å². The molecule has 0 aliphatic carbocycles. The van der Waals surface area contributed by atoms with Crippen molar-refractivity contribution in [3.05, 3.63) is 0 Å². The number of nitrogens with zero attached hydrogens (tertiary/aromatic N) is 1. The first-order valence-electron chi connectivity index (χ1n) is 4.22. The topological polar surface area (TPSA) is 93.1 Å². The fraction of sp³-hybridized carbons (Fsp3) is 0.625. The van der Waals surface area contributed by atoms with Crippen LogP contribution in [0.1, 0.15) is 0 Å². The summed E-state index contributed by atoms with van der Waals surface area (Å²) >= 11 is 0. The van der Waals surface area contributed by atoms with Crippen molar-refractivity contribution in [2.24, 2.45) is 0 Å². The molecule has 1 atom stereocenters. The standard InChI is InChI=1S/C8H11NO6/c1-14-2-5(8(12)13)9-6(10)3-15-4-7(9)11/h5H,2-4H2,1H3,(H,12,13). The largest absolute Gasteiger partial charge is 0.480 e. The summed E-state index contributed by atoms with van der Waals surface area (Å²) in [5.74, 6) is -2.59. The molecule has 0 aromatic carbocycles. The molecule has 0 spiro atoms. The lowest BCUT2D eigenvalue weighted by atomic mass is 10.2. The highest BCUT2D eigenvalue weighted by atomic mass is 16.5. The van der Waals surface area contributed by atoms with Crippen molar-refractivity contribution in [3.8, 4) is 0 Å². The molecule has 0 aromatic heterocycles. The number of carbonyl (C=O) groups is 3. The molecular weight excluding hydrogens is 206 g/mol. The Morgan fingerprint density at radius 3 is 2.47 bits per heavy atom. The van der Waals surface area contributed by atoms with E-state index >= 15 is 0 Å².